The fraction of sp³-hybridized carbons (Fsp3) is 0.478. The van der Waals surface area contributed by atoms with Crippen LogP contribution in [0.3, 0.4) is 0 Å². The molecule has 256 valence electrons. The molecule has 4 aromatic rings. The van der Waals surface area contributed by atoms with Crippen LogP contribution in [0.15, 0.2) is 84.9 Å². The van der Waals surface area contributed by atoms with Crippen molar-refractivity contribution in [3.8, 4) is 0 Å². The summed E-state index contributed by atoms with van der Waals surface area (Å²) in [6.45, 7) is 11.4. The van der Waals surface area contributed by atoms with Gasteiger partial charge in [-0.15, -0.1) is 0 Å². The summed E-state index contributed by atoms with van der Waals surface area (Å²) in [6, 6.07) is 32.9. The van der Waals surface area contributed by atoms with Crippen LogP contribution >= 0.6 is 0 Å². The fourth-order valence-electron chi connectivity index (χ4n) is 9.17. The van der Waals surface area contributed by atoms with Crippen LogP contribution in [0, 0.1) is 19.8 Å². The molecule has 2 atom stereocenters. The quantitative estimate of drug-likeness (QED) is 0.100. The first-order valence-electron chi connectivity index (χ1n) is 19.2. The zero-order valence-corrected chi connectivity index (χ0v) is 30.7. The van der Waals surface area contributed by atoms with Crippen LogP contribution in [0.4, 0.5) is 11.4 Å². The number of hydrogen-bond acceptors (Lipinski definition) is 2. The van der Waals surface area contributed by atoms with Gasteiger partial charge >= 0.3 is 0 Å². The molecule has 0 aliphatic heterocycles. The van der Waals surface area contributed by atoms with Crippen molar-refractivity contribution < 1.29 is 0 Å². The lowest BCUT2D eigenvalue weighted by Crippen LogP contribution is -2.38. The Kier molecular flexibility index (Phi) is 12.5. The van der Waals surface area contributed by atoms with Crippen molar-refractivity contribution in [2.24, 2.45) is 5.92 Å². The second-order valence-electron chi connectivity index (χ2n) is 14.9. The van der Waals surface area contributed by atoms with Crippen LogP contribution in [0.25, 0.3) is 0 Å². The van der Waals surface area contributed by atoms with Crippen LogP contribution < -0.4 is 11.5 Å². The van der Waals surface area contributed by atoms with E-state index >= 15 is 0 Å². The number of nitrogen functional groups attached to an aromatic ring is 2. The van der Waals surface area contributed by atoms with Gasteiger partial charge in [0.15, 0.2) is 0 Å². The van der Waals surface area contributed by atoms with Crippen molar-refractivity contribution in [2.75, 3.05) is 11.5 Å². The molecule has 4 aromatic carbocycles. The van der Waals surface area contributed by atoms with E-state index in [2.05, 4.69) is 120 Å². The molecule has 0 saturated heterocycles. The van der Waals surface area contributed by atoms with Gasteiger partial charge in [-0.05, 0) is 121 Å². The van der Waals surface area contributed by atoms with E-state index in [1.54, 1.807) is 0 Å². The van der Waals surface area contributed by atoms with Gasteiger partial charge in [0.1, 0.15) is 0 Å². The first-order chi connectivity index (χ1) is 23.3. The number of anilines is 2. The van der Waals surface area contributed by atoms with E-state index in [1.165, 1.54) is 102 Å². The zero-order chi connectivity index (χ0) is 34.1. The fourth-order valence-corrected chi connectivity index (χ4v) is 9.17. The molecule has 5 rings (SSSR count). The Balaban J connectivity index is 1.59. The van der Waals surface area contributed by atoms with Gasteiger partial charge in [0.05, 0.1) is 0 Å². The second-order valence-corrected chi connectivity index (χ2v) is 14.9. The predicted octanol–water partition coefficient (Wildman–Crippen LogP) is 12.8. The van der Waals surface area contributed by atoms with Gasteiger partial charge in [-0.1, -0.05) is 133 Å². The van der Waals surface area contributed by atoms with Crippen molar-refractivity contribution in [1.82, 2.24) is 0 Å². The third-order valence-corrected chi connectivity index (χ3v) is 11.6. The Hall–Kier alpha value is -3.52. The van der Waals surface area contributed by atoms with E-state index in [0.717, 1.165) is 37.1 Å². The molecule has 2 nitrogen and oxygen atoms in total. The highest BCUT2D eigenvalue weighted by Crippen LogP contribution is 2.50. The Morgan fingerprint density at radius 3 is 1.44 bits per heavy atom. The molecule has 2 unspecified atom stereocenters. The summed E-state index contributed by atoms with van der Waals surface area (Å²) < 4.78 is 0. The molecular formula is C46H62N2. The highest BCUT2D eigenvalue weighted by Gasteiger charge is 2.42. The van der Waals surface area contributed by atoms with Crippen molar-refractivity contribution in [3.05, 3.63) is 129 Å². The minimum Gasteiger partial charge on any atom is -0.399 e. The van der Waals surface area contributed by atoms with Gasteiger partial charge in [0.25, 0.3) is 0 Å². The van der Waals surface area contributed by atoms with Gasteiger partial charge in [-0.2, -0.15) is 0 Å². The van der Waals surface area contributed by atoms with Gasteiger partial charge in [0.2, 0.25) is 0 Å². The maximum absolute atomic E-state index is 6.16. The molecule has 1 aliphatic rings. The van der Waals surface area contributed by atoms with E-state index in [-0.39, 0.29) is 5.41 Å². The van der Waals surface area contributed by atoms with E-state index < -0.39 is 0 Å². The number of nitrogens with two attached hydrogens (primary N) is 2. The van der Waals surface area contributed by atoms with Gasteiger partial charge in [0, 0.05) is 28.6 Å². The maximum atomic E-state index is 6.16. The van der Waals surface area contributed by atoms with Crippen molar-refractivity contribution >= 4 is 11.4 Å². The first-order valence-corrected chi connectivity index (χ1v) is 19.2. The molecular weight excluding hydrogens is 581 g/mol. The molecule has 0 bridgehead atoms. The van der Waals surface area contributed by atoms with E-state index in [9.17, 15) is 0 Å². The molecule has 4 N–H and O–H groups in total. The van der Waals surface area contributed by atoms with Gasteiger partial charge in [-0.25, -0.2) is 0 Å². The predicted molar refractivity (Wildman–Crippen MR) is 209 cm³/mol. The smallest absolute Gasteiger partial charge is 0.0316 e. The minimum absolute atomic E-state index is 0.0292. The first kappa shape index (κ1) is 35.8. The van der Waals surface area contributed by atoms with Crippen LogP contribution in [0.1, 0.15) is 161 Å². The highest BCUT2D eigenvalue weighted by atomic mass is 14.5. The largest absolute Gasteiger partial charge is 0.399 e. The summed E-state index contributed by atoms with van der Waals surface area (Å²) >= 11 is 0. The standard InChI is InChI=1S/C46H62N2/c1-6-9-13-30-46(37-16-11-10-12-17-37,38-22-18-35(19-23-38)44(14-7-2)42-28-26-40(47)31-33(42)4)39-24-20-36(21-25-39)45(15-8-3)43-29-27-41(48)32-34(43)5/h18-29,31-32,37,44-45H,6-17,30,47-48H2,1-5H3. The molecule has 0 heterocycles. The van der Waals surface area contributed by atoms with Crippen LogP contribution in [0.2, 0.25) is 0 Å². The van der Waals surface area contributed by atoms with Crippen LogP contribution in [-0.2, 0) is 5.41 Å². The van der Waals surface area contributed by atoms with Crippen LogP contribution in [-0.4, -0.2) is 0 Å². The topological polar surface area (TPSA) is 52.0 Å². The summed E-state index contributed by atoms with van der Waals surface area (Å²) in [6.07, 6.45) is 16.3. The van der Waals surface area contributed by atoms with Crippen molar-refractivity contribution in [1.29, 1.82) is 0 Å². The maximum Gasteiger partial charge on any atom is 0.0316 e. The lowest BCUT2D eigenvalue weighted by molar-refractivity contribution is 0.221. The summed E-state index contributed by atoms with van der Waals surface area (Å²) in [4.78, 5) is 0. The zero-order valence-electron chi connectivity index (χ0n) is 30.7. The number of unbranched alkanes of at least 4 members (excludes halogenated alkanes) is 2. The summed E-state index contributed by atoms with van der Waals surface area (Å²) in [5.74, 6) is 1.44. The lowest BCUT2D eigenvalue weighted by atomic mass is 9.59. The average Bonchev–Trinajstić information content (AvgIpc) is 3.10. The summed E-state index contributed by atoms with van der Waals surface area (Å²) in [5.41, 5.74) is 25.4. The Morgan fingerprint density at radius 1 is 0.583 bits per heavy atom. The SMILES string of the molecule is CCCCCC(c1ccc(C(CCC)c2ccc(N)cc2C)cc1)(c1ccc(C(CCC)c2ccc(N)cc2C)cc1)C1CCCCC1. The van der Waals surface area contributed by atoms with Gasteiger partial charge < -0.3 is 11.5 Å². The molecule has 0 amide bonds. The van der Waals surface area contributed by atoms with Crippen molar-refractivity contribution in [2.45, 2.75) is 135 Å². The number of benzene rings is 4. The average molecular weight is 643 g/mol. The highest BCUT2D eigenvalue weighted by molar-refractivity contribution is 5.51. The Morgan fingerprint density at radius 2 is 1.04 bits per heavy atom. The Labute approximate surface area is 292 Å². The third kappa shape index (κ3) is 7.85. The molecule has 0 aromatic heterocycles. The Bertz CT molecular complexity index is 1470. The normalized spacial score (nSPS) is 16.4. The molecule has 0 spiro atoms. The molecule has 2 heteroatoms. The van der Waals surface area contributed by atoms with Crippen molar-refractivity contribution in [3.63, 3.8) is 0 Å². The van der Waals surface area contributed by atoms with E-state index in [1.807, 2.05) is 0 Å². The number of aryl methyl sites for hydroxylation is 2. The third-order valence-electron chi connectivity index (χ3n) is 11.6. The number of hydrogen-bond donors (Lipinski definition) is 2. The van der Waals surface area contributed by atoms with Crippen LogP contribution in [0.5, 0.6) is 0 Å². The molecule has 0 radical (unpaired) electrons. The summed E-state index contributed by atoms with van der Waals surface area (Å²) in [7, 11) is 0. The lowest BCUT2D eigenvalue weighted by Gasteiger charge is -2.45. The molecule has 1 saturated carbocycles. The summed E-state index contributed by atoms with van der Waals surface area (Å²) in [5, 5.41) is 0. The van der Waals surface area contributed by atoms with E-state index in [4.69, 9.17) is 11.5 Å². The minimum atomic E-state index is 0.0292. The van der Waals surface area contributed by atoms with E-state index in [0.29, 0.717) is 17.8 Å². The monoisotopic (exact) mass is 642 g/mol. The molecule has 1 fully saturated rings. The molecule has 1 aliphatic carbocycles. The number of rotatable bonds is 15. The van der Waals surface area contributed by atoms with Gasteiger partial charge in [-0.3, -0.25) is 0 Å². The second kappa shape index (κ2) is 16.7. The molecule has 48 heavy (non-hydrogen) atoms.